The molecule has 0 aliphatic rings. The quantitative estimate of drug-likeness (QED) is 0.835. The lowest BCUT2D eigenvalue weighted by atomic mass is 10.1. The van der Waals surface area contributed by atoms with Crippen molar-refractivity contribution in [2.45, 2.75) is 33.3 Å². The summed E-state index contributed by atoms with van der Waals surface area (Å²) in [5.41, 5.74) is 5.90. The first-order chi connectivity index (χ1) is 8.17. The lowest BCUT2D eigenvalue weighted by Gasteiger charge is -2.19. The van der Waals surface area contributed by atoms with Crippen LogP contribution in [0.25, 0.3) is 0 Å². The van der Waals surface area contributed by atoms with Crippen LogP contribution in [-0.2, 0) is 9.47 Å². The monoisotopic (exact) mass is 271 g/mol. The van der Waals surface area contributed by atoms with Gasteiger partial charge in [-0.3, -0.25) is 0 Å². The van der Waals surface area contributed by atoms with E-state index in [-0.39, 0.29) is 10.6 Å². The molecule has 0 fully saturated rings. The van der Waals surface area contributed by atoms with Gasteiger partial charge in [0.25, 0.3) is 0 Å². The molecule has 6 heteroatoms. The number of hydrogen-bond donors (Lipinski definition) is 1. The van der Waals surface area contributed by atoms with E-state index >= 15 is 0 Å². The molecule has 0 amide bonds. The van der Waals surface area contributed by atoms with E-state index in [4.69, 9.17) is 10.5 Å². The Morgan fingerprint density at radius 2 is 1.78 bits per heavy atom. The molecule has 1 aromatic heterocycles. The summed E-state index contributed by atoms with van der Waals surface area (Å²) >= 11 is 1.03. The SMILES string of the molecule is COC(=O)c1sc(N)c(C(=O)OC(C)(C)C)c1C. The highest BCUT2D eigenvalue weighted by Crippen LogP contribution is 2.32. The fourth-order valence-corrected chi connectivity index (χ4v) is 2.39. The number of nitrogen functional groups attached to an aromatic ring is 1. The van der Waals surface area contributed by atoms with Crippen molar-refractivity contribution >= 4 is 28.3 Å². The summed E-state index contributed by atoms with van der Waals surface area (Å²) in [7, 11) is 1.28. The second-order valence-electron chi connectivity index (χ2n) is 4.79. The largest absolute Gasteiger partial charge is 0.465 e. The first-order valence-electron chi connectivity index (χ1n) is 5.38. The number of methoxy groups -OCH3 is 1. The zero-order valence-electron chi connectivity index (χ0n) is 11.1. The molecule has 18 heavy (non-hydrogen) atoms. The van der Waals surface area contributed by atoms with E-state index in [2.05, 4.69) is 4.74 Å². The highest BCUT2D eigenvalue weighted by molar-refractivity contribution is 7.18. The first kappa shape index (κ1) is 14.5. The van der Waals surface area contributed by atoms with Gasteiger partial charge in [0.2, 0.25) is 0 Å². The van der Waals surface area contributed by atoms with Crippen LogP contribution in [0.2, 0.25) is 0 Å². The van der Waals surface area contributed by atoms with Gasteiger partial charge in [-0.05, 0) is 33.3 Å². The molecule has 0 radical (unpaired) electrons. The van der Waals surface area contributed by atoms with Crippen LogP contribution in [0.4, 0.5) is 5.00 Å². The number of ether oxygens (including phenoxy) is 2. The molecule has 0 aliphatic heterocycles. The number of esters is 2. The van der Waals surface area contributed by atoms with Crippen molar-refractivity contribution in [1.29, 1.82) is 0 Å². The van der Waals surface area contributed by atoms with Gasteiger partial charge in [0, 0.05) is 0 Å². The molecule has 0 unspecified atom stereocenters. The van der Waals surface area contributed by atoms with Crippen molar-refractivity contribution in [3.05, 3.63) is 16.0 Å². The molecule has 5 nitrogen and oxygen atoms in total. The normalized spacial score (nSPS) is 11.2. The maximum absolute atomic E-state index is 12.0. The fourth-order valence-electron chi connectivity index (χ4n) is 1.41. The van der Waals surface area contributed by atoms with E-state index in [0.29, 0.717) is 10.4 Å². The molecular weight excluding hydrogens is 254 g/mol. The number of carbonyl (C=O) groups is 2. The van der Waals surface area contributed by atoms with Crippen LogP contribution in [0.5, 0.6) is 0 Å². The Bertz CT molecular complexity index is 485. The Morgan fingerprint density at radius 3 is 2.22 bits per heavy atom. The van der Waals surface area contributed by atoms with Crippen LogP contribution in [0, 0.1) is 6.92 Å². The van der Waals surface area contributed by atoms with E-state index < -0.39 is 17.5 Å². The van der Waals surface area contributed by atoms with Gasteiger partial charge >= 0.3 is 11.9 Å². The number of anilines is 1. The topological polar surface area (TPSA) is 78.6 Å². The van der Waals surface area contributed by atoms with Gasteiger partial charge in [0.15, 0.2) is 0 Å². The summed E-state index contributed by atoms with van der Waals surface area (Å²) in [5.74, 6) is -1.03. The predicted octanol–water partition coefficient (Wildman–Crippen LogP) is 2.38. The van der Waals surface area contributed by atoms with Gasteiger partial charge in [-0.15, -0.1) is 11.3 Å². The second-order valence-corrected chi connectivity index (χ2v) is 5.84. The molecule has 1 heterocycles. The van der Waals surface area contributed by atoms with Crippen molar-refractivity contribution in [2.75, 3.05) is 12.8 Å². The summed E-state index contributed by atoms with van der Waals surface area (Å²) in [6.45, 7) is 6.95. The zero-order chi connectivity index (χ0) is 14.1. The third-order valence-corrected chi connectivity index (χ3v) is 3.25. The van der Waals surface area contributed by atoms with Gasteiger partial charge in [0.05, 0.1) is 12.7 Å². The Morgan fingerprint density at radius 1 is 1.22 bits per heavy atom. The van der Waals surface area contributed by atoms with Crippen LogP contribution >= 0.6 is 11.3 Å². The van der Waals surface area contributed by atoms with Gasteiger partial charge in [-0.25, -0.2) is 9.59 Å². The van der Waals surface area contributed by atoms with Gasteiger partial charge in [-0.2, -0.15) is 0 Å². The lowest BCUT2D eigenvalue weighted by molar-refractivity contribution is 0.00706. The molecule has 1 rings (SSSR count). The predicted molar refractivity (Wildman–Crippen MR) is 70.0 cm³/mol. The van der Waals surface area contributed by atoms with Crippen molar-refractivity contribution in [3.63, 3.8) is 0 Å². The van der Waals surface area contributed by atoms with Crippen LogP contribution in [0.1, 0.15) is 46.4 Å². The molecule has 0 saturated heterocycles. The smallest absolute Gasteiger partial charge is 0.348 e. The molecule has 1 aromatic rings. The van der Waals surface area contributed by atoms with Crippen molar-refractivity contribution < 1.29 is 19.1 Å². The molecule has 0 aromatic carbocycles. The first-order valence-corrected chi connectivity index (χ1v) is 6.19. The molecule has 2 N–H and O–H groups in total. The third-order valence-electron chi connectivity index (χ3n) is 2.15. The number of nitrogens with two attached hydrogens (primary N) is 1. The van der Waals surface area contributed by atoms with Gasteiger partial charge in [-0.1, -0.05) is 0 Å². The van der Waals surface area contributed by atoms with Crippen LogP contribution in [-0.4, -0.2) is 24.6 Å². The van der Waals surface area contributed by atoms with E-state index in [9.17, 15) is 9.59 Å². The lowest BCUT2D eigenvalue weighted by Crippen LogP contribution is -2.24. The summed E-state index contributed by atoms with van der Waals surface area (Å²) in [6, 6.07) is 0. The average Bonchev–Trinajstić information content (AvgIpc) is 2.50. The number of thiophene rings is 1. The molecule has 100 valence electrons. The molecule has 0 aliphatic carbocycles. The molecule has 0 bridgehead atoms. The Kier molecular flexibility index (Phi) is 4.01. The van der Waals surface area contributed by atoms with Crippen LogP contribution in [0.15, 0.2) is 0 Å². The van der Waals surface area contributed by atoms with Crippen molar-refractivity contribution in [2.24, 2.45) is 0 Å². The van der Waals surface area contributed by atoms with Crippen molar-refractivity contribution in [1.82, 2.24) is 0 Å². The summed E-state index contributed by atoms with van der Waals surface area (Å²) in [5, 5.41) is 0.266. The maximum Gasteiger partial charge on any atom is 0.348 e. The molecule has 0 saturated carbocycles. The van der Waals surface area contributed by atoms with Crippen LogP contribution in [0.3, 0.4) is 0 Å². The molecular formula is C12H17NO4S. The van der Waals surface area contributed by atoms with E-state index in [1.165, 1.54) is 7.11 Å². The van der Waals surface area contributed by atoms with E-state index in [1.54, 1.807) is 27.7 Å². The summed E-state index contributed by atoms with van der Waals surface area (Å²) in [4.78, 5) is 23.8. The zero-order valence-corrected chi connectivity index (χ0v) is 11.9. The number of hydrogen-bond acceptors (Lipinski definition) is 6. The van der Waals surface area contributed by atoms with Gasteiger partial charge in [0.1, 0.15) is 15.5 Å². The maximum atomic E-state index is 12.0. The Labute approximate surface area is 110 Å². The third kappa shape index (κ3) is 3.01. The summed E-state index contributed by atoms with van der Waals surface area (Å²) < 4.78 is 9.88. The highest BCUT2D eigenvalue weighted by atomic mass is 32.1. The van der Waals surface area contributed by atoms with E-state index in [0.717, 1.165) is 11.3 Å². The number of carbonyl (C=O) groups excluding carboxylic acids is 2. The van der Waals surface area contributed by atoms with Crippen LogP contribution < -0.4 is 5.73 Å². The minimum absolute atomic E-state index is 0.246. The highest BCUT2D eigenvalue weighted by Gasteiger charge is 2.27. The minimum Gasteiger partial charge on any atom is -0.465 e. The van der Waals surface area contributed by atoms with Crippen molar-refractivity contribution in [3.8, 4) is 0 Å². The Hall–Kier alpha value is -1.56. The minimum atomic E-state index is -0.608. The molecule has 0 atom stereocenters. The fraction of sp³-hybridized carbons (Fsp3) is 0.500. The van der Waals surface area contributed by atoms with Gasteiger partial charge < -0.3 is 15.2 Å². The standard InChI is InChI=1S/C12H17NO4S/c1-6-7(10(14)17-12(2,3)4)9(13)18-8(6)11(15)16-5/h13H2,1-5H3. The molecule has 0 spiro atoms. The number of rotatable bonds is 2. The van der Waals surface area contributed by atoms with E-state index in [1.807, 2.05) is 0 Å². The summed E-state index contributed by atoms with van der Waals surface area (Å²) in [6.07, 6.45) is 0. The second kappa shape index (κ2) is 4.97. The Balaban J connectivity index is 3.15. The average molecular weight is 271 g/mol.